The van der Waals surface area contributed by atoms with Gasteiger partial charge < -0.3 is 122 Å². The zero-order chi connectivity index (χ0) is 79.7. The van der Waals surface area contributed by atoms with Crippen molar-refractivity contribution in [3.63, 3.8) is 0 Å². The van der Waals surface area contributed by atoms with E-state index in [0.717, 1.165) is 9.80 Å². The lowest BCUT2D eigenvalue weighted by molar-refractivity contribution is -0.144. The van der Waals surface area contributed by atoms with Gasteiger partial charge in [0.1, 0.15) is 47.4 Å². The second-order valence-corrected chi connectivity index (χ2v) is 28.7. The maximum absolute atomic E-state index is 15.3. The highest BCUT2D eigenvalue weighted by molar-refractivity contribution is 7.98. The van der Waals surface area contributed by atoms with Crippen molar-refractivity contribution < 1.29 is 116 Å². The van der Waals surface area contributed by atoms with Gasteiger partial charge in [-0.2, -0.15) is 11.8 Å². The molecule has 1 aromatic carbocycles. The summed E-state index contributed by atoms with van der Waals surface area (Å²) in [5.74, 6) is -12.6. The van der Waals surface area contributed by atoms with E-state index in [4.69, 9.17) is 38.9 Å². The monoisotopic (exact) mass is 1590 g/mol. The van der Waals surface area contributed by atoms with E-state index in [9.17, 15) is 78.0 Å². The smallest absolute Gasteiger partial charge is 0.314 e. The topological polar surface area (TPSA) is 561 Å². The minimum absolute atomic E-state index is 0.0415. The Bertz CT molecular complexity index is 3610. The fourth-order valence-corrected chi connectivity index (χ4v) is 14.3. The van der Waals surface area contributed by atoms with Crippen LogP contribution in [-0.4, -0.2) is 318 Å². The van der Waals surface area contributed by atoms with E-state index in [1.54, 1.807) is 24.7 Å². The second kappa shape index (κ2) is 46.2. The van der Waals surface area contributed by atoms with Crippen LogP contribution in [0.25, 0.3) is 10.9 Å². The van der Waals surface area contributed by atoms with E-state index >= 15 is 4.55 Å². The number of rotatable bonds is 40. The number of nitrogens with one attached hydrogen (secondary N) is 10. The Hall–Kier alpha value is -8.66. The number of aromatic amines is 1. The van der Waals surface area contributed by atoms with Crippen LogP contribution in [0.2, 0.25) is 0 Å². The number of hydrogen-bond acceptors (Lipinski definition) is 27. The summed E-state index contributed by atoms with van der Waals surface area (Å²) in [5.41, 5.74) is 6.59. The maximum Gasteiger partial charge on any atom is 0.314 e. The number of fused-ring (bicyclic) bond motifs is 5. The molecule has 610 valence electrons. The van der Waals surface area contributed by atoms with Crippen LogP contribution in [0.1, 0.15) is 69.7 Å². The molecule has 5 unspecified atom stereocenters. The Kier molecular flexibility index (Phi) is 37.2. The molecule has 2 bridgehead atoms. The summed E-state index contributed by atoms with van der Waals surface area (Å²) in [6, 6.07) is -7.95. The number of aliphatic hydroxyl groups is 3. The highest BCUT2D eigenvalue weighted by atomic mass is 32.2. The molecule has 1 saturated heterocycles. The van der Waals surface area contributed by atoms with Crippen LogP contribution in [0.15, 0.2) is 35.5 Å². The molecule has 16 N–H and O–H groups in total. The predicted molar refractivity (Wildman–Crippen MR) is 390 cm³/mol. The fourth-order valence-electron chi connectivity index (χ4n) is 11.8. The van der Waals surface area contributed by atoms with Crippen LogP contribution in [0.3, 0.4) is 0 Å². The summed E-state index contributed by atoms with van der Waals surface area (Å²) in [6.07, 6.45) is 0.532. The molecular weight excluding hydrogens is 1490 g/mol. The first kappa shape index (κ1) is 88.6. The van der Waals surface area contributed by atoms with Gasteiger partial charge in [-0.3, -0.25) is 57.6 Å². The molecule has 0 spiro atoms. The number of phenols is 1. The first-order valence-electron chi connectivity index (χ1n) is 36.3. The minimum atomic E-state index is -2.50. The molecular formula is C68H102N16O24S2. The highest BCUT2D eigenvalue weighted by Crippen LogP contribution is 2.37. The number of imide groups is 1. The first-order chi connectivity index (χ1) is 52.9. The van der Waals surface area contributed by atoms with Crippen LogP contribution >= 0.6 is 11.8 Å². The Morgan fingerprint density at radius 2 is 1.33 bits per heavy atom. The van der Waals surface area contributed by atoms with Gasteiger partial charge in [-0.15, -0.1) is 5.10 Å². The molecule has 4 aliphatic rings. The number of carbonyl (C=O) groups excluding carboxylic acids is 12. The van der Waals surface area contributed by atoms with Crippen molar-refractivity contribution in [3.8, 4) is 5.75 Å². The number of phenolic OH excluding ortho intramolecular Hbond substituents is 1. The standard InChI is InChI=1S/C68H102N16O24S2/c1-4-40(2)58-64(97)73-32-54(90)74-49-39-110(101)66-45(30-47(61(94)72-33-55(91)77-58)75-65(98)59(41(3)52(88)37-85)78-63(96)50-29-43(86)36-83(50)67(99)48(31-53(69)89)76-62(49)95)44-7-8-51(87)46(60(44)79-66)38-109-28-6-5-11-70-68(100)71-12-14-102-16-18-104-20-22-106-24-26-108-27-25-107-23-21-105-19-17-103-15-13-82-34-42(80-81-82)35-84-56(92)9-10-57(84)93/h7-10,34,40-41,43,47-50,52,58-59,79,85-88H,4-6,11-33,35-39H2,1-3H3,(H2,69,89)(H,72,94)(H,73,97)(H,74,90)(H,75,98)(H,76,95)(H,77,91)(H,78,96)(H2,70,71,100)/t40-,41-,43+,47-,48?,49?,50-,52?,58-,59?,110?/m0/s1. The van der Waals surface area contributed by atoms with Crippen molar-refractivity contribution in [2.45, 2.75) is 132 Å². The number of aromatic hydroxyl groups is 1. The number of aliphatic hydroxyl groups excluding tert-OH is 3. The molecule has 0 aliphatic carbocycles. The summed E-state index contributed by atoms with van der Waals surface area (Å²) in [7, 11) is 0. The fraction of sp³-hybridized carbons (Fsp3) is 0.647. The minimum Gasteiger partial charge on any atom is -0.610 e. The van der Waals surface area contributed by atoms with Gasteiger partial charge in [0.15, 0.2) is 6.04 Å². The SMILES string of the molecule is CC[C@H](C)[C@@H]1NC(=O)CNC(=O)[C@@H]2Cc3c([nH]c4c(CSCCCCNC(=O)NCCOCCOCCOCCOCCOCCOCCOCCn5cc(CN6C(=O)C=CC6=O)nn5)c(O)ccc34)[S+]([O-])CC(NC(=O)CNC1=O)C(=O)NC(CC(N)=O)C(=O)N1C[C@H](O)C[C@H]1C(=O)NC([C@@H](C)C(O)CO)C(=O)N2. The molecule has 0 saturated carbocycles. The van der Waals surface area contributed by atoms with Crippen LogP contribution < -0.4 is 53.6 Å². The number of unbranched alkanes of at least 4 members (excludes halogenated alkanes) is 1. The van der Waals surface area contributed by atoms with E-state index in [1.807, 2.05) is 0 Å². The molecule has 0 radical (unpaired) electrons. The number of nitrogens with two attached hydrogens (primary N) is 1. The third kappa shape index (κ3) is 28.0. The zero-order valence-corrected chi connectivity index (χ0v) is 63.3. The molecule has 6 heterocycles. The van der Waals surface area contributed by atoms with Crippen LogP contribution in [-0.2, 0) is 122 Å². The quantitative estimate of drug-likeness (QED) is 0.0143. The van der Waals surface area contributed by atoms with Crippen LogP contribution in [0.5, 0.6) is 5.75 Å². The van der Waals surface area contributed by atoms with E-state index in [2.05, 4.69) is 63.1 Å². The summed E-state index contributed by atoms with van der Waals surface area (Å²) in [4.78, 5) is 168. The average molecular weight is 1590 g/mol. The van der Waals surface area contributed by atoms with Crippen molar-refractivity contribution in [1.29, 1.82) is 0 Å². The molecule has 7 rings (SSSR count). The maximum atomic E-state index is 15.3. The summed E-state index contributed by atoms with van der Waals surface area (Å²) < 4.78 is 55.6. The lowest BCUT2D eigenvalue weighted by atomic mass is 9.93. The van der Waals surface area contributed by atoms with Gasteiger partial charge in [0, 0.05) is 84.0 Å². The van der Waals surface area contributed by atoms with Crippen molar-refractivity contribution in [1.82, 2.24) is 77.6 Å². The molecule has 3 aromatic rings. The van der Waals surface area contributed by atoms with Gasteiger partial charge in [-0.1, -0.05) is 32.4 Å². The summed E-state index contributed by atoms with van der Waals surface area (Å²) >= 11 is -1.11. The lowest BCUT2D eigenvalue weighted by Crippen LogP contribution is -2.62. The van der Waals surface area contributed by atoms with E-state index in [1.165, 1.54) is 43.0 Å². The number of hydrogen-bond donors (Lipinski definition) is 15. The van der Waals surface area contributed by atoms with Gasteiger partial charge in [0.2, 0.25) is 58.2 Å². The van der Waals surface area contributed by atoms with Crippen molar-refractivity contribution >= 4 is 105 Å². The zero-order valence-electron chi connectivity index (χ0n) is 61.7. The number of benzene rings is 1. The molecule has 42 heteroatoms. The third-order valence-corrected chi connectivity index (χ3v) is 20.6. The van der Waals surface area contributed by atoms with Gasteiger partial charge >= 0.3 is 6.03 Å². The number of H-pyrrole nitrogens is 1. The van der Waals surface area contributed by atoms with E-state index < -0.39 is 182 Å². The molecule has 110 heavy (non-hydrogen) atoms. The Balaban J connectivity index is 0.867. The number of primary amides is 1. The van der Waals surface area contributed by atoms with Crippen LogP contribution in [0, 0.1) is 11.8 Å². The normalized spacial score (nSPS) is 22.1. The van der Waals surface area contributed by atoms with Crippen molar-refractivity contribution in [2.75, 3.05) is 143 Å². The average Bonchev–Trinajstić information content (AvgIpc) is 1.61. The van der Waals surface area contributed by atoms with Crippen LogP contribution in [0.4, 0.5) is 4.79 Å². The van der Waals surface area contributed by atoms with Gasteiger partial charge in [-0.05, 0) is 36.6 Å². The molecule has 1 fully saturated rings. The van der Waals surface area contributed by atoms with E-state index in [-0.39, 0.29) is 76.7 Å². The molecule has 40 nitrogen and oxygen atoms in total. The molecule has 13 amide bonds. The highest BCUT2D eigenvalue weighted by Gasteiger charge is 2.46. The Morgan fingerprint density at radius 3 is 1.95 bits per heavy atom. The Labute approximate surface area is 641 Å². The number of ether oxygens (including phenoxy) is 7. The van der Waals surface area contributed by atoms with Gasteiger partial charge in [0.05, 0.1) is 156 Å². The number of carbonyl (C=O) groups is 12. The van der Waals surface area contributed by atoms with Gasteiger partial charge in [0.25, 0.3) is 11.8 Å². The number of aromatic nitrogens is 4. The largest absolute Gasteiger partial charge is 0.610 e. The number of amides is 13. The predicted octanol–water partition coefficient (Wildman–Crippen LogP) is -5.77. The molecule has 2 aromatic heterocycles. The second-order valence-electron chi connectivity index (χ2n) is 26.2. The lowest BCUT2D eigenvalue weighted by Gasteiger charge is -2.32. The first-order valence-corrected chi connectivity index (χ1v) is 38.8. The third-order valence-electron chi connectivity index (χ3n) is 18.1. The number of thioether (sulfide) groups is 1. The van der Waals surface area contributed by atoms with Crippen molar-refractivity contribution in [3.05, 3.63) is 47.3 Å². The summed E-state index contributed by atoms with van der Waals surface area (Å²) in [6.45, 7) is 7.58. The number of nitrogens with zero attached hydrogens (tertiary/aromatic N) is 5. The van der Waals surface area contributed by atoms with Crippen molar-refractivity contribution in [2.24, 2.45) is 17.6 Å². The number of urea groups is 1. The molecule has 11 atom stereocenters. The Morgan fingerprint density at radius 1 is 0.727 bits per heavy atom. The summed E-state index contributed by atoms with van der Waals surface area (Å²) in [5, 5.41) is 74.3. The molecule has 4 aliphatic heterocycles. The van der Waals surface area contributed by atoms with E-state index in [0.29, 0.717) is 123 Å². The van der Waals surface area contributed by atoms with Gasteiger partial charge in [-0.25, -0.2) is 9.48 Å².